The van der Waals surface area contributed by atoms with Gasteiger partial charge < -0.3 is 16.0 Å². The third-order valence-corrected chi connectivity index (χ3v) is 5.40. The topological polar surface area (TPSA) is 105 Å². The molecule has 3 rings (SSSR count). The van der Waals surface area contributed by atoms with Crippen LogP contribution in [0.4, 0.5) is 4.39 Å². The Hall–Kier alpha value is -3.75. The Morgan fingerprint density at radius 3 is 2.29 bits per heavy atom. The molecule has 1 heterocycles. The van der Waals surface area contributed by atoms with Gasteiger partial charge in [0.1, 0.15) is 11.9 Å². The second kappa shape index (κ2) is 10.7. The summed E-state index contributed by atoms with van der Waals surface area (Å²) in [4.78, 5) is 38.2. The van der Waals surface area contributed by atoms with Crippen LogP contribution in [0.1, 0.15) is 50.7 Å². The van der Waals surface area contributed by atoms with Crippen molar-refractivity contribution >= 4 is 28.6 Å². The first-order valence-electron chi connectivity index (χ1n) is 11.5. The highest BCUT2D eigenvalue weighted by atomic mass is 19.1. The Balaban J connectivity index is 1.83. The van der Waals surface area contributed by atoms with Gasteiger partial charge in [0.05, 0.1) is 18.6 Å². The lowest BCUT2D eigenvalue weighted by Crippen LogP contribution is -2.55. The highest BCUT2D eigenvalue weighted by Gasteiger charge is 2.34. The Kier molecular flexibility index (Phi) is 7.89. The molecule has 0 spiro atoms. The molecule has 9 heteroatoms. The van der Waals surface area contributed by atoms with E-state index in [-0.39, 0.29) is 30.0 Å². The first kappa shape index (κ1) is 25.9. The highest BCUT2D eigenvalue weighted by Crippen LogP contribution is 2.23. The molecule has 0 saturated carbocycles. The minimum absolute atomic E-state index is 0.0455. The fraction of sp³-hybridized carbons (Fsp3) is 0.385. The summed E-state index contributed by atoms with van der Waals surface area (Å²) in [6.45, 7) is 9.32. The van der Waals surface area contributed by atoms with Crippen molar-refractivity contribution < 1.29 is 18.8 Å². The monoisotopic (exact) mass is 481 g/mol. The molecule has 0 fully saturated rings. The number of hydrogen-bond acceptors (Lipinski definition) is 4. The van der Waals surface area contributed by atoms with Crippen molar-refractivity contribution in [1.82, 2.24) is 25.7 Å². The number of hydrogen-bond donors (Lipinski definition) is 3. The molecule has 186 valence electrons. The number of fused-ring (bicyclic) bond motifs is 1. The molecule has 0 aliphatic rings. The van der Waals surface area contributed by atoms with Crippen molar-refractivity contribution in [3.05, 3.63) is 65.6 Å². The zero-order valence-corrected chi connectivity index (χ0v) is 20.7. The molecule has 8 nitrogen and oxygen atoms in total. The molecule has 3 amide bonds. The van der Waals surface area contributed by atoms with Gasteiger partial charge in [-0.15, -0.1) is 0 Å². The van der Waals surface area contributed by atoms with Gasteiger partial charge in [-0.25, -0.2) is 4.39 Å². The minimum atomic E-state index is -0.900. The van der Waals surface area contributed by atoms with E-state index >= 15 is 0 Å². The minimum Gasteiger partial charge on any atom is -0.352 e. The number of aromatic nitrogens is 2. The lowest BCUT2D eigenvalue weighted by Gasteiger charge is -2.30. The molecule has 0 aliphatic carbocycles. The maximum Gasteiger partial charge on any atom is 0.273 e. The van der Waals surface area contributed by atoms with E-state index in [0.717, 1.165) is 11.1 Å². The van der Waals surface area contributed by atoms with E-state index in [0.29, 0.717) is 11.9 Å². The van der Waals surface area contributed by atoms with Crippen LogP contribution in [0.2, 0.25) is 0 Å². The summed E-state index contributed by atoms with van der Waals surface area (Å²) in [5, 5.41) is 13.3. The lowest BCUT2D eigenvalue weighted by molar-refractivity contribution is -0.129. The van der Waals surface area contributed by atoms with E-state index in [1.807, 2.05) is 52.8 Å². The Morgan fingerprint density at radius 1 is 1.00 bits per heavy atom. The summed E-state index contributed by atoms with van der Waals surface area (Å²) >= 11 is 0. The van der Waals surface area contributed by atoms with Gasteiger partial charge in [-0.2, -0.15) is 5.10 Å². The maximum absolute atomic E-state index is 13.3. The maximum atomic E-state index is 13.3. The molecule has 2 aromatic carbocycles. The van der Waals surface area contributed by atoms with Crippen molar-refractivity contribution in [2.24, 2.45) is 5.41 Å². The molecular weight excluding hydrogens is 449 g/mol. The van der Waals surface area contributed by atoms with Gasteiger partial charge in [0.2, 0.25) is 11.8 Å². The zero-order valence-electron chi connectivity index (χ0n) is 20.7. The molecule has 3 N–H and O–H groups in total. The summed E-state index contributed by atoms with van der Waals surface area (Å²) in [5.74, 6) is -1.59. The van der Waals surface area contributed by atoms with Gasteiger partial charge in [-0.3, -0.25) is 19.1 Å². The van der Waals surface area contributed by atoms with Crippen LogP contribution in [0.5, 0.6) is 0 Å². The summed E-state index contributed by atoms with van der Waals surface area (Å²) in [6, 6.07) is 12.4. The van der Waals surface area contributed by atoms with Crippen LogP contribution >= 0.6 is 0 Å². The number of nitrogens with zero attached hydrogens (tertiary/aromatic N) is 2. The van der Waals surface area contributed by atoms with Gasteiger partial charge >= 0.3 is 0 Å². The average molecular weight is 482 g/mol. The number of benzene rings is 2. The molecular formula is C26H32FN5O3. The number of rotatable bonds is 8. The molecule has 1 atom stereocenters. The molecule has 0 saturated heterocycles. The van der Waals surface area contributed by atoms with Gasteiger partial charge in [0.15, 0.2) is 5.69 Å². The third kappa shape index (κ3) is 6.65. The van der Waals surface area contributed by atoms with Crippen molar-refractivity contribution in [3.63, 3.8) is 0 Å². The largest absolute Gasteiger partial charge is 0.352 e. The molecule has 0 aliphatic heterocycles. The van der Waals surface area contributed by atoms with Gasteiger partial charge in [0, 0.05) is 11.4 Å². The van der Waals surface area contributed by atoms with Crippen LogP contribution in [0.15, 0.2) is 48.5 Å². The van der Waals surface area contributed by atoms with Crippen molar-refractivity contribution in [1.29, 1.82) is 0 Å². The Bertz CT molecular complexity index is 1210. The van der Waals surface area contributed by atoms with Crippen molar-refractivity contribution in [2.75, 3.05) is 6.54 Å². The number of carbonyl (C=O) groups is 3. The Morgan fingerprint density at radius 2 is 1.66 bits per heavy atom. The summed E-state index contributed by atoms with van der Waals surface area (Å²) in [5.41, 5.74) is 1.13. The molecule has 1 aromatic heterocycles. The van der Waals surface area contributed by atoms with Crippen LogP contribution in [0, 0.1) is 11.2 Å². The van der Waals surface area contributed by atoms with Crippen LogP contribution in [-0.4, -0.2) is 46.1 Å². The van der Waals surface area contributed by atoms with Crippen LogP contribution < -0.4 is 16.0 Å². The zero-order chi connectivity index (χ0) is 25.8. The van der Waals surface area contributed by atoms with E-state index in [1.54, 1.807) is 22.9 Å². The van der Waals surface area contributed by atoms with Crippen LogP contribution in [0.25, 0.3) is 10.9 Å². The lowest BCUT2D eigenvalue weighted by atomic mass is 9.86. The van der Waals surface area contributed by atoms with E-state index in [9.17, 15) is 18.8 Å². The number of halogens is 1. The van der Waals surface area contributed by atoms with Gasteiger partial charge in [0.25, 0.3) is 5.91 Å². The average Bonchev–Trinajstić information content (AvgIpc) is 3.14. The quantitative estimate of drug-likeness (QED) is 0.460. The predicted octanol–water partition coefficient (Wildman–Crippen LogP) is 3.01. The fourth-order valence-electron chi connectivity index (χ4n) is 3.70. The van der Waals surface area contributed by atoms with Gasteiger partial charge in [-0.05, 0) is 43.0 Å². The second-order valence-electron chi connectivity index (χ2n) is 9.86. The molecule has 0 unspecified atom stereocenters. The third-order valence-electron chi connectivity index (χ3n) is 5.40. The molecule has 3 aromatic rings. The number of amides is 3. The van der Waals surface area contributed by atoms with Crippen molar-refractivity contribution in [3.8, 4) is 0 Å². The molecule has 0 radical (unpaired) electrons. The van der Waals surface area contributed by atoms with Crippen molar-refractivity contribution in [2.45, 2.75) is 53.2 Å². The van der Waals surface area contributed by atoms with Gasteiger partial charge in [-0.1, -0.05) is 51.1 Å². The summed E-state index contributed by atoms with van der Waals surface area (Å²) in [6.07, 6.45) is 0. The SMILES string of the molecule is CC(C)NC(=O)CNC(=O)[C@@H](NC(=O)c1nn(Cc2ccc(F)cc2)c2ccccc12)C(C)(C)C. The van der Waals surface area contributed by atoms with E-state index in [1.165, 1.54) is 12.1 Å². The van der Waals surface area contributed by atoms with E-state index in [2.05, 4.69) is 21.0 Å². The first-order chi connectivity index (χ1) is 16.5. The predicted molar refractivity (Wildman–Crippen MR) is 132 cm³/mol. The number of carbonyl (C=O) groups excluding carboxylic acids is 3. The second-order valence-corrected chi connectivity index (χ2v) is 9.86. The van der Waals surface area contributed by atoms with E-state index < -0.39 is 23.3 Å². The highest BCUT2D eigenvalue weighted by molar-refractivity contribution is 6.06. The number of nitrogens with one attached hydrogen (secondary N) is 3. The number of para-hydroxylation sites is 1. The molecule has 0 bridgehead atoms. The van der Waals surface area contributed by atoms with Crippen LogP contribution in [0.3, 0.4) is 0 Å². The summed E-state index contributed by atoms with van der Waals surface area (Å²) < 4.78 is 15.0. The normalized spacial score (nSPS) is 12.4. The molecule has 35 heavy (non-hydrogen) atoms. The smallest absolute Gasteiger partial charge is 0.273 e. The first-order valence-corrected chi connectivity index (χ1v) is 11.5. The standard InChI is InChI=1S/C26H32FN5O3/c1-16(2)29-21(33)14-28-25(35)23(26(3,4)5)30-24(34)22-19-8-6-7-9-20(19)32(31-22)15-17-10-12-18(27)13-11-17/h6-13,16,23H,14-15H2,1-5H3,(H,28,35)(H,29,33)(H,30,34)/t23-/m1/s1. The Labute approximate surface area is 204 Å². The van der Waals surface area contributed by atoms with Crippen LogP contribution in [-0.2, 0) is 16.1 Å². The fourth-order valence-corrected chi connectivity index (χ4v) is 3.70. The van der Waals surface area contributed by atoms with E-state index in [4.69, 9.17) is 0 Å². The summed E-state index contributed by atoms with van der Waals surface area (Å²) in [7, 11) is 0.